The van der Waals surface area contributed by atoms with Crippen molar-refractivity contribution in [2.24, 2.45) is 5.92 Å². The molecule has 0 atom stereocenters. The Morgan fingerprint density at radius 3 is 2.89 bits per heavy atom. The first-order valence-corrected chi connectivity index (χ1v) is 6.90. The van der Waals surface area contributed by atoms with Gasteiger partial charge < -0.3 is 5.32 Å². The normalized spacial score (nSPS) is 11.2. The van der Waals surface area contributed by atoms with Crippen LogP contribution in [0.25, 0.3) is 5.69 Å². The minimum absolute atomic E-state index is 0.646. The predicted molar refractivity (Wildman–Crippen MR) is 77.3 cm³/mol. The molecule has 1 aromatic heterocycles. The first kappa shape index (κ1) is 13.7. The Morgan fingerprint density at radius 2 is 2.16 bits per heavy atom. The molecule has 0 aliphatic rings. The third-order valence-electron chi connectivity index (χ3n) is 3.04. The Hall–Kier alpha value is -1.68. The lowest BCUT2D eigenvalue weighted by molar-refractivity contribution is 0.542. The van der Waals surface area contributed by atoms with Crippen molar-refractivity contribution in [2.45, 2.75) is 33.7 Å². The Bertz CT molecular complexity index is 516. The van der Waals surface area contributed by atoms with Crippen molar-refractivity contribution in [3.63, 3.8) is 0 Å². The molecular formula is C15H22N4. The van der Waals surface area contributed by atoms with E-state index in [-0.39, 0.29) is 0 Å². The van der Waals surface area contributed by atoms with Crippen molar-refractivity contribution in [1.29, 1.82) is 0 Å². The van der Waals surface area contributed by atoms with Gasteiger partial charge >= 0.3 is 0 Å². The zero-order chi connectivity index (χ0) is 13.7. The summed E-state index contributed by atoms with van der Waals surface area (Å²) in [4.78, 5) is 0. The number of aromatic nitrogens is 3. The van der Waals surface area contributed by atoms with Crippen LogP contribution in [-0.2, 0) is 13.0 Å². The number of nitrogens with one attached hydrogen (secondary N) is 1. The maximum Gasteiger partial charge on any atom is 0.0783 e. The monoisotopic (exact) mass is 258 g/mol. The van der Waals surface area contributed by atoms with Gasteiger partial charge in [-0.05, 0) is 36.6 Å². The average molecular weight is 258 g/mol. The standard InChI is InChI=1S/C15H22N4/c1-4-13-6-5-7-14(8-13)19-15(11-17-18-19)10-16-9-12(2)3/h5-8,11-12,16H,4,9-10H2,1-3H3. The number of hydrogen-bond donors (Lipinski definition) is 1. The summed E-state index contributed by atoms with van der Waals surface area (Å²) in [7, 11) is 0. The van der Waals surface area contributed by atoms with Crippen LogP contribution in [0.3, 0.4) is 0 Å². The highest BCUT2D eigenvalue weighted by atomic mass is 15.4. The fraction of sp³-hybridized carbons (Fsp3) is 0.467. The highest BCUT2D eigenvalue weighted by molar-refractivity contribution is 5.36. The maximum absolute atomic E-state index is 4.19. The van der Waals surface area contributed by atoms with E-state index in [0.29, 0.717) is 5.92 Å². The molecule has 0 fully saturated rings. The Labute approximate surface area is 114 Å². The topological polar surface area (TPSA) is 42.7 Å². The van der Waals surface area contributed by atoms with E-state index >= 15 is 0 Å². The summed E-state index contributed by atoms with van der Waals surface area (Å²) >= 11 is 0. The summed E-state index contributed by atoms with van der Waals surface area (Å²) in [6.45, 7) is 8.35. The molecule has 102 valence electrons. The fourth-order valence-corrected chi connectivity index (χ4v) is 1.99. The molecule has 4 nitrogen and oxygen atoms in total. The summed E-state index contributed by atoms with van der Waals surface area (Å²) in [5.41, 5.74) is 3.49. The Balaban J connectivity index is 2.14. The van der Waals surface area contributed by atoms with Crippen molar-refractivity contribution in [1.82, 2.24) is 20.3 Å². The zero-order valence-corrected chi connectivity index (χ0v) is 11.9. The molecule has 1 aromatic carbocycles. The third-order valence-corrected chi connectivity index (χ3v) is 3.04. The molecule has 4 heteroatoms. The molecule has 2 rings (SSSR count). The first-order chi connectivity index (χ1) is 9.20. The number of aryl methyl sites for hydroxylation is 1. The fourth-order valence-electron chi connectivity index (χ4n) is 1.99. The van der Waals surface area contributed by atoms with Crippen molar-refractivity contribution in [3.8, 4) is 5.69 Å². The lowest BCUT2D eigenvalue weighted by atomic mass is 10.1. The van der Waals surface area contributed by atoms with Gasteiger partial charge in [-0.1, -0.05) is 38.1 Å². The molecule has 0 radical (unpaired) electrons. The van der Waals surface area contributed by atoms with Crippen LogP contribution in [0.5, 0.6) is 0 Å². The van der Waals surface area contributed by atoms with E-state index in [1.54, 1.807) is 0 Å². The van der Waals surface area contributed by atoms with E-state index in [2.05, 4.69) is 60.7 Å². The van der Waals surface area contributed by atoms with E-state index < -0.39 is 0 Å². The van der Waals surface area contributed by atoms with Gasteiger partial charge in [0.25, 0.3) is 0 Å². The second kappa shape index (κ2) is 6.48. The second-order valence-electron chi connectivity index (χ2n) is 5.19. The second-order valence-corrected chi connectivity index (χ2v) is 5.19. The summed E-state index contributed by atoms with van der Waals surface area (Å²) in [6, 6.07) is 8.44. The van der Waals surface area contributed by atoms with Gasteiger partial charge in [0.2, 0.25) is 0 Å². The summed E-state index contributed by atoms with van der Waals surface area (Å²) in [5, 5.41) is 11.6. The van der Waals surface area contributed by atoms with Crippen molar-refractivity contribution < 1.29 is 0 Å². The number of hydrogen-bond acceptors (Lipinski definition) is 3. The molecule has 0 aliphatic carbocycles. The smallest absolute Gasteiger partial charge is 0.0783 e. The van der Waals surface area contributed by atoms with Crippen LogP contribution in [0.1, 0.15) is 32.0 Å². The van der Waals surface area contributed by atoms with Crippen LogP contribution in [-0.4, -0.2) is 21.5 Å². The van der Waals surface area contributed by atoms with E-state index in [9.17, 15) is 0 Å². The van der Waals surface area contributed by atoms with Crippen molar-refractivity contribution in [3.05, 3.63) is 41.7 Å². The van der Waals surface area contributed by atoms with Gasteiger partial charge in [0.15, 0.2) is 0 Å². The van der Waals surface area contributed by atoms with E-state index in [1.807, 2.05) is 10.9 Å². The maximum atomic E-state index is 4.19. The summed E-state index contributed by atoms with van der Waals surface area (Å²) < 4.78 is 1.91. The number of rotatable bonds is 6. The highest BCUT2D eigenvalue weighted by Crippen LogP contribution is 2.12. The lowest BCUT2D eigenvalue weighted by Gasteiger charge is -2.09. The van der Waals surface area contributed by atoms with Crippen LogP contribution in [0.4, 0.5) is 0 Å². The van der Waals surface area contributed by atoms with Gasteiger partial charge in [-0.25, -0.2) is 4.68 Å². The minimum Gasteiger partial charge on any atom is -0.311 e. The molecule has 0 spiro atoms. The zero-order valence-electron chi connectivity index (χ0n) is 11.9. The molecule has 1 heterocycles. The van der Waals surface area contributed by atoms with Crippen LogP contribution in [0.15, 0.2) is 30.5 Å². The highest BCUT2D eigenvalue weighted by Gasteiger charge is 2.06. The van der Waals surface area contributed by atoms with Crippen LogP contribution >= 0.6 is 0 Å². The van der Waals surface area contributed by atoms with Crippen LogP contribution in [0, 0.1) is 5.92 Å². The molecular weight excluding hydrogens is 236 g/mol. The van der Waals surface area contributed by atoms with Crippen LogP contribution in [0.2, 0.25) is 0 Å². The molecule has 0 amide bonds. The van der Waals surface area contributed by atoms with Gasteiger partial charge in [-0.3, -0.25) is 0 Å². The largest absolute Gasteiger partial charge is 0.311 e. The van der Waals surface area contributed by atoms with Crippen molar-refractivity contribution in [2.75, 3.05) is 6.54 Å². The van der Waals surface area contributed by atoms with Gasteiger partial charge in [-0.15, -0.1) is 5.10 Å². The van der Waals surface area contributed by atoms with Gasteiger partial charge in [-0.2, -0.15) is 0 Å². The Kier molecular flexibility index (Phi) is 4.68. The lowest BCUT2D eigenvalue weighted by Crippen LogP contribution is -2.20. The van der Waals surface area contributed by atoms with E-state index in [1.165, 1.54) is 5.56 Å². The van der Waals surface area contributed by atoms with E-state index in [4.69, 9.17) is 0 Å². The molecule has 0 bridgehead atoms. The molecule has 0 aliphatic heterocycles. The molecule has 0 saturated carbocycles. The molecule has 19 heavy (non-hydrogen) atoms. The molecule has 0 unspecified atom stereocenters. The third kappa shape index (κ3) is 3.64. The first-order valence-electron chi connectivity index (χ1n) is 6.90. The number of benzene rings is 1. The van der Waals surface area contributed by atoms with Crippen molar-refractivity contribution >= 4 is 0 Å². The quantitative estimate of drug-likeness (QED) is 0.866. The molecule has 1 N–H and O–H groups in total. The van der Waals surface area contributed by atoms with Crippen LogP contribution < -0.4 is 5.32 Å². The summed E-state index contributed by atoms with van der Waals surface area (Å²) in [5.74, 6) is 0.646. The SMILES string of the molecule is CCc1cccc(-n2nncc2CNCC(C)C)c1. The minimum atomic E-state index is 0.646. The number of nitrogens with zero attached hydrogens (tertiary/aromatic N) is 3. The molecule has 2 aromatic rings. The van der Waals surface area contributed by atoms with Gasteiger partial charge in [0.1, 0.15) is 0 Å². The predicted octanol–water partition coefficient (Wildman–Crippen LogP) is 2.58. The Morgan fingerprint density at radius 1 is 1.32 bits per heavy atom. The van der Waals surface area contributed by atoms with Gasteiger partial charge in [0.05, 0.1) is 17.6 Å². The molecule has 0 saturated heterocycles. The average Bonchev–Trinajstić information content (AvgIpc) is 2.87. The summed E-state index contributed by atoms with van der Waals surface area (Å²) in [6.07, 6.45) is 2.86. The van der Waals surface area contributed by atoms with E-state index in [0.717, 1.165) is 30.9 Å². The van der Waals surface area contributed by atoms with Gasteiger partial charge in [0, 0.05) is 6.54 Å².